The second kappa shape index (κ2) is 10.7. The molecule has 0 radical (unpaired) electrons. The zero-order valence-corrected chi connectivity index (χ0v) is 19.5. The zero-order valence-electron chi connectivity index (χ0n) is 18.7. The number of benzene rings is 3. The number of amides is 1. The van der Waals surface area contributed by atoms with Gasteiger partial charge >= 0.3 is 5.97 Å². The molecule has 0 heterocycles. The van der Waals surface area contributed by atoms with Crippen molar-refractivity contribution in [1.29, 1.82) is 0 Å². The lowest BCUT2D eigenvalue weighted by atomic mass is 10.2. The Kier molecular flexibility index (Phi) is 7.66. The maximum absolute atomic E-state index is 12.7. The van der Waals surface area contributed by atoms with E-state index in [9.17, 15) is 28.1 Å². The van der Waals surface area contributed by atoms with Crippen LogP contribution < -0.4 is 14.8 Å². The van der Waals surface area contributed by atoms with Gasteiger partial charge in [-0.2, -0.15) is 0 Å². The lowest BCUT2D eigenvalue weighted by molar-refractivity contribution is -0.384. The van der Waals surface area contributed by atoms with Crippen LogP contribution in [0.15, 0.2) is 71.6 Å². The number of hydrogen-bond donors (Lipinski definition) is 2. The second-order valence-corrected chi connectivity index (χ2v) is 8.89. The van der Waals surface area contributed by atoms with Gasteiger partial charge in [0.25, 0.3) is 21.6 Å². The topological polar surface area (TPSA) is 154 Å². The van der Waals surface area contributed by atoms with Crippen LogP contribution in [-0.4, -0.2) is 38.9 Å². The number of sulfonamides is 1. The zero-order chi connectivity index (χ0) is 25.6. The molecule has 182 valence electrons. The number of anilines is 2. The molecule has 11 nitrogen and oxygen atoms in total. The predicted molar refractivity (Wildman–Crippen MR) is 127 cm³/mol. The highest BCUT2D eigenvalue weighted by atomic mass is 32.2. The molecule has 3 aromatic carbocycles. The fraction of sp³-hybridized carbons (Fsp3) is 0.130. The molecular formula is C23H21N3O8S. The maximum atomic E-state index is 12.7. The molecule has 0 atom stereocenters. The van der Waals surface area contributed by atoms with Crippen molar-refractivity contribution in [2.75, 3.05) is 23.8 Å². The molecule has 2 N–H and O–H groups in total. The summed E-state index contributed by atoms with van der Waals surface area (Å²) in [5, 5.41) is 13.4. The molecule has 0 aliphatic heterocycles. The fourth-order valence-corrected chi connectivity index (χ4v) is 4.04. The Bertz CT molecular complexity index is 1370. The molecule has 12 heteroatoms. The quantitative estimate of drug-likeness (QED) is 0.258. The number of nitro benzene ring substituents is 1. The molecule has 0 aromatic heterocycles. The number of nitrogens with one attached hydrogen (secondary N) is 2. The van der Waals surface area contributed by atoms with Gasteiger partial charge < -0.3 is 14.8 Å². The van der Waals surface area contributed by atoms with E-state index in [2.05, 4.69) is 10.0 Å². The first-order chi connectivity index (χ1) is 16.6. The number of ether oxygens (including phenoxy) is 2. The molecule has 3 aromatic rings. The van der Waals surface area contributed by atoms with Gasteiger partial charge in [-0.1, -0.05) is 18.2 Å². The van der Waals surface area contributed by atoms with E-state index in [4.69, 9.17) is 9.47 Å². The van der Waals surface area contributed by atoms with E-state index in [1.54, 1.807) is 6.92 Å². The Morgan fingerprint density at radius 1 is 1.00 bits per heavy atom. The van der Waals surface area contributed by atoms with Gasteiger partial charge in [-0.25, -0.2) is 13.2 Å². The van der Waals surface area contributed by atoms with Gasteiger partial charge in [0.05, 0.1) is 33.9 Å². The second-order valence-electron chi connectivity index (χ2n) is 7.21. The van der Waals surface area contributed by atoms with E-state index in [-0.39, 0.29) is 27.5 Å². The lowest BCUT2D eigenvalue weighted by Crippen LogP contribution is -2.22. The smallest absolute Gasteiger partial charge is 0.340 e. The summed E-state index contributed by atoms with van der Waals surface area (Å²) >= 11 is 0. The summed E-state index contributed by atoms with van der Waals surface area (Å²) < 4.78 is 37.9. The monoisotopic (exact) mass is 499 g/mol. The molecule has 0 aliphatic rings. The molecule has 0 saturated heterocycles. The third-order valence-electron chi connectivity index (χ3n) is 4.80. The molecule has 3 rings (SSSR count). The van der Waals surface area contributed by atoms with Gasteiger partial charge in [-0.05, 0) is 48.9 Å². The largest absolute Gasteiger partial charge is 0.497 e. The lowest BCUT2D eigenvalue weighted by Gasteiger charge is -2.13. The minimum atomic E-state index is -4.03. The van der Waals surface area contributed by atoms with Crippen LogP contribution >= 0.6 is 0 Å². The summed E-state index contributed by atoms with van der Waals surface area (Å²) in [4.78, 5) is 35.1. The van der Waals surface area contributed by atoms with Gasteiger partial charge in [0, 0.05) is 12.1 Å². The number of hydrogen-bond acceptors (Lipinski definition) is 8. The van der Waals surface area contributed by atoms with Crippen LogP contribution in [0.3, 0.4) is 0 Å². The first-order valence-electron chi connectivity index (χ1n) is 10.1. The van der Waals surface area contributed by atoms with E-state index in [1.165, 1.54) is 73.8 Å². The normalized spacial score (nSPS) is 10.8. The molecule has 0 fully saturated rings. The number of nitrogens with zero attached hydrogens (tertiary/aromatic N) is 1. The fourth-order valence-electron chi connectivity index (χ4n) is 2.96. The minimum Gasteiger partial charge on any atom is -0.497 e. The summed E-state index contributed by atoms with van der Waals surface area (Å²) in [5.41, 5.74) is 0.426. The molecule has 0 bridgehead atoms. The Labute approximate surface area is 200 Å². The number of methoxy groups -OCH3 is 1. The van der Waals surface area contributed by atoms with Crippen LogP contribution in [0, 0.1) is 17.0 Å². The highest BCUT2D eigenvalue weighted by molar-refractivity contribution is 7.92. The van der Waals surface area contributed by atoms with Crippen molar-refractivity contribution in [3.63, 3.8) is 0 Å². The summed E-state index contributed by atoms with van der Waals surface area (Å²) in [6.07, 6.45) is 0. The number of non-ortho nitro benzene ring substituents is 1. The van der Waals surface area contributed by atoms with Crippen molar-refractivity contribution < 1.29 is 32.4 Å². The Morgan fingerprint density at radius 3 is 2.34 bits per heavy atom. The van der Waals surface area contributed by atoms with E-state index < -0.39 is 33.4 Å². The molecule has 0 unspecified atom stereocenters. The number of aryl methyl sites for hydroxylation is 1. The SMILES string of the molecule is COc1ccc(S(=O)(=O)Nc2ccccc2C(=O)OCC(=O)Nc2cc([N+](=O)[O-])ccc2C)cc1. The number of esters is 1. The first-order valence-corrected chi connectivity index (χ1v) is 11.6. The maximum Gasteiger partial charge on any atom is 0.340 e. The van der Waals surface area contributed by atoms with Gasteiger partial charge in [0.15, 0.2) is 6.61 Å². The average molecular weight is 500 g/mol. The molecule has 0 saturated carbocycles. The predicted octanol–water partition coefficient (Wildman–Crippen LogP) is 3.51. The van der Waals surface area contributed by atoms with Crippen LogP contribution in [0.5, 0.6) is 5.75 Å². The van der Waals surface area contributed by atoms with Crippen LogP contribution in [0.2, 0.25) is 0 Å². The van der Waals surface area contributed by atoms with Crippen molar-refractivity contribution in [2.24, 2.45) is 0 Å². The van der Waals surface area contributed by atoms with Crippen LogP contribution in [-0.2, 0) is 19.6 Å². The molecular weight excluding hydrogens is 478 g/mol. The van der Waals surface area contributed by atoms with Crippen molar-refractivity contribution in [1.82, 2.24) is 0 Å². The standard InChI is InChI=1S/C23H21N3O8S/c1-15-7-8-16(26(29)30)13-21(15)24-22(27)14-34-23(28)19-5-3-4-6-20(19)25-35(31,32)18-11-9-17(33-2)10-12-18/h3-13,25H,14H2,1-2H3,(H,24,27). The van der Waals surface area contributed by atoms with Crippen LogP contribution in [0.4, 0.5) is 17.1 Å². The van der Waals surface area contributed by atoms with E-state index in [1.807, 2.05) is 0 Å². The van der Waals surface area contributed by atoms with Crippen molar-refractivity contribution in [3.05, 3.63) is 88.0 Å². The van der Waals surface area contributed by atoms with E-state index in [0.717, 1.165) is 0 Å². The third-order valence-corrected chi connectivity index (χ3v) is 6.18. The summed E-state index contributed by atoms with van der Waals surface area (Å²) in [6.45, 7) is 0.955. The number of carbonyl (C=O) groups is 2. The third kappa shape index (κ3) is 6.32. The van der Waals surface area contributed by atoms with Crippen LogP contribution in [0.1, 0.15) is 15.9 Å². The van der Waals surface area contributed by atoms with Crippen LogP contribution in [0.25, 0.3) is 0 Å². The molecule has 0 aliphatic carbocycles. The Balaban J connectivity index is 1.69. The first kappa shape index (κ1) is 25.2. The Morgan fingerprint density at radius 2 is 1.69 bits per heavy atom. The van der Waals surface area contributed by atoms with Crippen molar-refractivity contribution in [3.8, 4) is 5.75 Å². The van der Waals surface area contributed by atoms with Gasteiger partial charge in [0.1, 0.15) is 5.75 Å². The van der Waals surface area contributed by atoms with Crippen molar-refractivity contribution >= 4 is 39.0 Å². The number of rotatable bonds is 9. The van der Waals surface area contributed by atoms with E-state index >= 15 is 0 Å². The number of para-hydroxylation sites is 1. The van der Waals surface area contributed by atoms with Gasteiger partial charge in [-0.3, -0.25) is 19.6 Å². The van der Waals surface area contributed by atoms with Crippen molar-refractivity contribution in [2.45, 2.75) is 11.8 Å². The summed E-state index contributed by atoms with van der Waals surface area (Å²) in [5.74, 6) is -1.19. The highest BCUT2D eigenvalue weighted by Gasteiger charge is 2.20. The molecule has 35 heavy (non-hydrogen) atoms. The van der Waals surface area contributed by atoms with Gasteiger partial charge in [-0.15, -0.1) is 0 Å². The summed E-state index contributed by atoms with van der Waals surface area (Å²) in [7, 11) is -2.58. The number of carbonyl (C=O) groups excluding carboxylic acids is 2. The summed E-state index contributed by atoms with van der Waals surface area (Å²) in [6, 6.07) is 15.4. The van der Waals surface area contributed by atoms with Gasteiger partial charge in [0.2, 0.25) is 0 Å². The Hall–Kier alpha value is -4.45. The molecule has 1 amide bonds. The minimum absolute atomic E-state index is 0.0387. The number of nitro groups is 1. The molecule has 0 spiro atoms. The highest BCUT2D eigenvalue weighted by Crippen LogP contribution is 2.23. The van der Waals surface area contributed by atoms with E-state index in [0.29, 0.717) is 11.3 Å². The average Bonchev–Trinajstić information content (AvgIpc) is 2.84.